The van der Waals surface area contributed by atoms with Crippen molar-refractivity contribution in [3.05, 3.63) is 187 Å². The van der Waals surface area contributed by atoms with Crippen molar-refractivity contribution in [3.63, 3.8) is 0 Å². The number of pyridine rings is 4. The molecular formula is C48H27N9. The minimum Gasteiger partial charge on any atom is -0.245 e. The number of fused-ring (bicyclic) bond motifs is 16. The molecule has 264 valence electrons. The SMILES string of the molecule is c1ccc2c(c1)-c1ccccc1C21c2ccccc2-c2ccc(-c3nc(-n4c5ncccc5c5cccnc54)nc(-n4c5ncccc5c5cccnc54)n3)cc21. The van der Waals surface area contributed by atoms with E-state index in [0.717, 1.165) is 27.1 Å². The number of hydrogen-bond acceptors (Lipinski definition) is 7. The molecular weight excluding hydrogens is 703 g/mol. The van der Waals surface area contributed by atoms with Crippen molar-refractivity contribution in [2.45, 2.75) is 5.41 Å². The van der Waals surface area contributed by atoms with Gasteiger partial charge in [0.25, 0.3) is 0 Å². The van der Waals surface area contributed by atoms with Crippen LogP contribution in [0, 0.1) is 0 Å². The highest BCUT2D eigenvalue weighted by Crippen LogP contribution is 2.63. The molecule has 13 rings (SSSR count). The molecule has 0 bridgehead atoms. The van der Waals surface area contributed by atoms with Crippen LogP contribution >= 0.6 is 0 Å². The van der Waals surface area contributed by atoms with Gasteiger partial charge in [-0.15, -0.1) is 0 Å². The molecule has 0 saturated carbocycles. The van der Waals surface area contributed by atoms with E-state index in [4.69, 9.17) is 34.9 Å². The van der Waals surface area contributed by atoms with Crippen molar-refractivity contribution in [3.8, 4) is 45.5 Å². The third kappa shape index (κ3) is 3.89. The highest BCUT2D eigenvalue weighted by molar-refractivity contribution is 6.07. The molecule has 0 aliphatic heterocycles. The number of rotatable bonds is 3. The molecule has 9 nitrogen and oxygen atoms in total. The van der Waals surface area contributed by atoms with Crippen LogP contribution in [0.5, 0.6) is 0 Å². The van der Waals surface area contributed by atoms with Crippen molar-refractivity contribution < 1.29 is 0 Å². The molecule has 57 heavy (non-hydrogen) atoms. The molecule has 7 aromatic heterocycles. The van der Waals surface area contributed by atoms with Gasteiger partial charge in [0.1, 0.15) is 22.6 Å². The Kier molecular flexibility index (Phi) is 5.91. The Labute approximate surface area is 324 Å². The van der Waals surface area contributed by atoms with E-state index < -0.39 is 5.41 Å². The Morgan fingerprint density at radius 2 is 0.737 bits per heavy atom. The van der Waals surface area contributed by atoms with E-state index in [2.05, 4.69) is 115 Å². The van der Waals surface area contributed by atoms with E-state index in [-0.39, 0.29) is 0 Å². The van der Waals surface area contributed by atoms with Crippen molar-refractivity contribution in [2.24, 2.45) is 0 Å². The number of benzene rings is 4. The average molecular weight is 730 g/mol. The minimum absolute atomic E-state index is 0.393. The molecule has 0 fully saturated rings. The van der Waals surface area contributed by atoms with E-state index in [0.29, 0.717) is 40.3 Å². The van der Waals surface area contributed by atoms with Gasteiger partial charge in [-0.1, -0.05) is 84.9 Å². The predicted octanol–water partition coefficient (Wildman–Crippen LogP) is 9.66. The Balaban J connectivity index is 1.13. The first-order valence-corrected chi connectivity index (χ1v) is 18.9. The van der Waals surface area contributed by atoms with Crippen molar-refractivity contribution in [2.75, 3.05) is 0 Å². The van der Waals surface area contributed by atoms with Crippen LogP contribution in [0.15, 0.2) is 164 Å². The molecule has 2 aliphatic rings. The third-order valence-electron chi connectivity index (χ3n) is 11.8. The van der Waals surface area contributed by atoms with Gasteiger partial charge in [0.15, 0.2) is 5.82 Å². The summed E-state index contributed by atoms with van der Waals surface area (Å²) in [5, 5.41) is 3.83. The molecule has 0 atom stereocenters. The lowest BCUT2D eigenvalue weighted by Crippen LogP contribution is -2.25. The Bertz CT molecular complexity index is 3210. The van der Waals surface area contributed by atoms with E-state index in [9.17, 15) is 0 Å². The van der Waals surface area contributed by atoms with Gasteiger partial charge in [-0.2, -0.15) is 15.0 Å². The predicted molar refractivity (Wildman–Crippen MR) is 221 cm³/mol. The van der Waals surface area contributed by atoms with Crippen LogP contribution in [0.25, 0.3) is 89.7 Å². The smallest absolute Gasteiger partial charge is 0.242 e. The van der Waals surface area contributed by atoms with Gasteiger partial charge in [0.05, 0.1) is 5.41 Å². The van der Waals surface area contributed by atoms with Gasteiger partial charge in [0.2, 0.25) is 11.9 Å². The fraction of sp³-hybridized carbons (Fsp3) is 0.0208. The van der Waals surface area contributed by atoms with Gasteiger partial charge in [-0.25, -0.2) is 29.1 Å². The fourth-order valence-corrected chi connectivity index (χ4v) is 9.64. The minimum atomic E-state index is -0.519. The monoisotopic (exact) mass is 729 g/mol. The maximum atomic E-state index is 5.30. The molecule has 0 saturated heterocycles. The number of nitrogens with zero attached hydrogens (tertiary/aromatic N) is 9. The normalized spacial score (nSPS) is 13.4. The van der Waals surface area contributed by atoms with Gasteiger partial charge in [-0.3, -0.25) is 0 Å². The van der Waals surface area contributed by atoms with Crippen LogP contribution in [0.1, 0.15) is 22.3 Å². The molecule has 11 aromatic rings. The third-order valence-corrected chi connectivity index (χ3v) is 11.8. The number of aromatic nitrogens is 9. The van der Waals surface area contributed by atoms with Crippen LogP contribution in [0.2, 0.25) is 0 Å². The van der Waals surface area contributed by atoms with Crippen molar-refractivity contribution in [1.29, 1.82) is 0 Å². The van der Waals surface area contributed by atoms with Gasteiger partial charge in [-0.05, 0) is 99.1 Å². The summed E-state index contributed by atoms with van der Waals surface area (Å²) in [4.78, 5) is 35.2. The molecule has 0 amide bonds. The molecule has 2 aliphatic carbocycles. The first kappa shape index (κ1) is 30.4. The summed E-state index contributed by atoms with van der Waals surface area (Å²) in [6.07, 6.45) is 7.15. The number of hydrogen-bond donors (Lipinski definition) is 0. The highest BCUT2D eigenvalue weighted by Gasteiger charge is 2.51. The van der Waals surface area contributed by atoms with Gasteiger partial charge < -0.3 is 0 Å². The molecule has 7 heterocycles. The Hall–Kier alpha value is -7.91. The average Bonchev–Trinajstić information content (AvgIpc) is 3.98. The molecule has 9 heteroatoms. The molecule has 0 N–H and O–H groups in total. The fourth-order valence-electron chi connectivity index (χ4n) is 9.64. The maximum Gasteiger partial charge on any atom is 0.242 e. The zero-order valence-electron chi connectivity index (χ0n) is 30.1. The summed E-state index contributed by atoms with van der Waals surface area (Å²) in [5.74, 6) is 1.29. The lowest BCUT2D eigenvalue weighted by atomic mass is 9.70. The largest absolute Gasteiger partial charge is 0.245 e. The summed E-state index contributed by atoms with van der Waals surface area (Å²) in [6, 6.07) is 49.1. The summed E-state index contributed by atoms with van der Waals surface area (Å²) in [6.45, 7) is 0. The van der Waals surface area contributed by atoms with Gasteiger partial charge in [0, 0.05) is 51.9 Å². The maximum absolute atomic E-state index is 5.30. The Morgan fingerprint density at radius 1 is 0.351 bits per heavy atom. The highest BCUT2D eigenvalue weighted by atomic mass is 15.3. The summed E-state index contributed by atoms with van der Waals surface area (Å²) < 4.78 is 3.87. The first-order valence-electron chi connectivity index (χ1n) is 18.9. The molecule has 0 radical (unpaired) electrons. The van der Waals surface area contributed by atoms with Gasteiger partial charge >= 0.3 is 0 Å². The molecule has 0 unspecified atom stereocenters. The standard InChI is InChI=1S/C48H27N9/c1-4-18-37-29(11-1)30-12-2-5-19-38(30)48(37)39-20-6-3-13-31(39)32-22-21-28(27-40(32)48)41-53-46(56-42-33(14-7-23-49-42)34-15-8-24-50-43(34)56)55-47(54-41)57-44-35(16-9-25-51-44)36-17-10-26-52-45(36)57/h1-27H. The van der Waals surface area contributed by atoms with E-state index >= 15 is 0 Å². The van der Waals surface area contributed by atoms with E-state index in [1.54, 1.807) is 24.8 Å². The van der Waals surface area contributed by atoms with Crippen LogP contribution in [0.4, 0.5) is 0 Å². The van der Waals surface area contributed by atoms with Crippen LogP contribution in [0.3, 0.4) is 0 Å². The van der Waals surface area contributed by atoms with Crippen LogP contribution in [-0.2, 0) is 5.41 Å². The lowest BCUT2D eigenvalue weighted by molar-refractivity contribution is 0.793. The summed E-state index contributed by atoms with van der Waals surface area (Å²) in [5.41, 5.74) is 13.1. The van der Waals surface area contributed by atoms with Crippen LogP contribution < -0.4 is 0 Å². The Morgan fingerprint density at radius 3 is 1.16 bits per heavy atom. The second-order valence-electron chi connectivity index (χ2n) is 14.6. The summed E-state index contributed by atoms with van der Waals surface area (Å²) >= 11 is 0. The summed E-state index contributed by atoms with van der Waals surface area (Å²) in [7, 11) is 0. The molecule has 1 spiro atoms. The first-order chi connectivity index (χ1) is 28.3. The lowest BCUT2D eigenvalue weighted by Gasteiger charge is -2.30. The molecule has 4 aromatic carbocycles. The van der Waals surface area contributed by atoms with Crippen molar-refractivity contribution >= 4 is 44.1 Å². The van der Waals surface area contributed by atoms with E-state index in [1.165, 1.54) is 44.5 Å². The van der Waals surface area contributed by atoms with Crippen LogP contribution in [-0.4, -0.2) is 44.0 Å². The zero-order valence-corrected chi connectivity index (χ0v) is 30.1. The second kappa shape index (κ2) is 11.1. The van der Waals surface area contributed by atoms with Crippen molar-refractivity contribution in [1.82, 2.24) is 44.0 Å². The zero-order chi connectivity index (χ0) is 37.2. The van der Waals surface area contributed by atoms with E-state index in [1.807, 2.05) is 33.4 Å². The second-order valence-corrected chi connectivity index (χ2v) is 14.6. The topological polar surface area (TPSA) is 100 Å². The quantitative estimate of drug-likeness (QED) is 0.179.